The molecule has 6 heteroatoms. The molecule has 0 N–H and O–H groups in total. The van der Waals surface area contributed by atoms with E-state index in [4.69, 9.17) is 13.1 Å². The quantitative estimate of drug-likeness (QED) is 0.153. The molecule has 194 valence electrons. The van der Waals surface area contributed by atoms with Crippen molar-refractivity contribution in [3.8, 4) is 55.3 Å². The van der Waals surface area contributed by atoms with Crippen LogP contribution in [0, 0.1) is 49.7 Å². The molecule has 5 aromatic rings. The van der Waals surface area contributed by atoms with Gasteiger partial charge in [-0.25, -0.2) is 20.2 Å². The minimum Gasteiger partial charge on any atom is -0.226 e. The summed E-state index contributed by atoms with van der Waals surface area (Å²) < 4.78 is 0. The predicted molar refractivity (Wildman–Crippen MR) is 170 cm³/mol. The van der Waals surface area contributed by atoms with Crippen LogP contribution in [0.5, 0.6) is 0 Å². The van der Waals surface area contributed by atoms with E-state index < -0.39 is 0 Å². The fourth-order valence-electron chi connectivity index (χ4n) is 6.46. The zero-order valence-electron chi connectivity index (χ0n) is 22.5. The Balaban J connectivity index is 1.60. The summed E-state index contributed by atoms with van der Waals surface area (Å²) >= 11 is 3.29. The van der Waals surface area contributed by atoms with Gasteiger partial charge in [0.2, 0.25) is 0 Å². The van der Waals surface area contributed by atoms with Crippen LogP contribution >= 0.6 is 22.7 Å². The lowest BCUT2D eigenvalue weighted by Crippen LogP contribution is -1.99. The number of nitriles is 2. The summed E-state index contributed by atoms with van der Waals surface area (Å²) in [5.74, 6) is 0. The van der Waals surface area contributed by atoms with Crippen LogP contribution in [0.3, 0.4) is 0 Å². The first-order chi connectivity index (χ1) is 20.5. The van der Waals surface area contributed by atoms with Gasteiger partial charge >= 0.3 is 0 Å². The lowest BCUT2D eigenvalue weighted by molar-refractivity contribution is 1.36. The molecule has 0 atom stereocenters. The molecule has 0 bridgehead atoms. The van der Waals surface area contributed by atoms with E-state index in [9.17, 15) is 10.5 Å². The van der Waals surface area contributed by atoms with Crippen LogP contribution in [0.4, 0.5) is 0 Å². The Kier molecular flexibility index (Phi) is 5.79. The van der Waals surface area contributed by atoms with Crippen LogP contribution in [0.25, 0.3) is 64.0 Å². The summed E-state index contributed by atoms with van der Waals surface area (Å²) in [6.07, 6.45) is 0. The highest BCUT2D eigenvalue weighted by Crippen LogP contribution is 2.58. The number of hydrogen-bond donors (Lipinski definition) is 0. The third-order valence-corrected chi connectivity index (χ3v) is 9.97. The normalized spacial score (nSPS) is 14.4. The SMILES string of the molecule is [C-]#[N+]/C(C#N)=C1/c2cc(-c3cccs3)ccc2-c2c(C)c3c(c(C)c21)-c1ccc(-c2cccs2)cc1/C3=C(/C#N)[N+]#[C-]. The number of nitrogens with zero attached hydrogens (tertiary/aromatic N) is 4. The van der Waals surface area contributed by atoms with Crippen molar-refractivity contribution in [3.05, 3.63) is 139 Å². The van der Waals surface area contributed by atoms with E-state index in [1.807, 2.05) is 36.7 Å². The van der Waals surface area contributed by atoms with E-state index in [1.165, 1.54) is 0 Å². The molecule has 2 aliphatic carbocycles. The molecule has 0 amide bonds. The van der Waals surface area contributed by atoms with Crippen LogP contribution in [0.15, 0.2) is 82.8 Å². The van der Waals surface area contributed by atoms with Gasteiger partial charge in [0.15, 0.2) is 0 Å². The third kappa shape index (κ3) is 3.41. The molecule has 4 nitrogen and oxygen atoms in total. The maximum Gasteiger partial charge on any atom is 0.270 e. The van der Waals surface area contributed by atoms with Crippen LogP contribution in [0.1, 0.15) is 33.4 Å². The summed E-state index contributed by atoms with van der Waals surface area (Å²) in [5.41, 5.74) is 12.7. The molecule has 42 heavy (non-hydrogen) atoms. The van der Waals surface area contributed by atoms with E-state index >= 15 is 0 Å². The van der Waals surface area contributed by atoms with Crippen molar-refractivity contribution < 1.29 is 0 Å². The lowest BCUT2D eigenvalue weighted by Gasteiger charge is -2.18. The average molecular weight is 571 g/mol. The van der Waals surface area contributed by atoms with Crippen molar-refractivity contribution in [2.24, 2.45) is 0 Å². The van der Waals surface area contributed by atoms with Crippen molar-refractivity contribution in [2.45, 2.75) is 13.8 Å². The first-order valence-electron chi connectivity index (χ1n) is 13.1. The van der Waals surface area contributed by atoms with Gasteiger partial charge in [-0.3, -0.25) is 0 Å². The molecule has 0 unspecified atom stereocenters. The maximum absolute atomic E-state index is 10.1. The van der Waals surface area contributed by atoms with E-state index in [0.717, 1.165) is 76.5 Å². The van der Waals surface area contributed by atoms with E-state index in [1.54, 1.807) is 22.7 Å². The molecule has 2 aliphatic rings. The number of rotatable bonds is 2. The summed E-state index contributed by atoms with van der Waals surface area (Å²) in [6, 6.07) is 25.0. The Labute approximate surface area is 251 Å². The van der Waals surface area contributed by atoms with Crippen molar-refractivity contribution in [2.75, 3.05) is 0 Å². The Morgan fingerprint density at radius 2 is 1.05 bits per heavy atom. The number of fused-ring (bicyclic) bond motifs is 6. The Morgan fingerprint density at radius 3 is 1.38 bits per heavy atom. The van der Waals surface area contributed by atoms with Gasteiger partial charge in [-0.05, 0) is 116 Å². The van der Waals surface area contributed by atoms with E-state index in [2.05, 4.69) is 70.4 Å². The van der Waals surface area contributed by atoms with Gasteiger partial charge in [-0.1, -0.05) is 36.4 Å². The molecule has 7 rings (SSSR count). The van der Waals surface area contributed by atoms with Crippen molar-refractivity contribution in [1.82, 2.24) is 0 Å². The molecule has 3 aromatic carbocycles. The smallest absolute Gasteiger partial charge is 0.226 e. The molecule has 0 fully saturated rings. The average Bonchev–Trinajstić information content (AvgIpc) is 3.83. The molecule has 0 spiro atoms. The first-order valence-corrected chi connectivity index (χ1v) is 14.9. The van der Waals surface area contributed by atoms with Crippen molar-refractivity contribution in [1.29, 1.82) is 10.5 Å². The van der Waals surface area contributed by atoms with Crippen molar-refractivity contribution in [3.63, 3.8) is 0 Å². The van der Waals surface area contributed by atoms with E-state index in [-0.39, 0.29) is 11.4 Å². The first kappa shape index (κ1) is 25.5. The fraction of sp³-hybridized carbons (Fsp3) is 0.0556. The molecular formula is C36H18N4S2. The van der Waals surface area contributed by atoms with Crippen LogP contribution in [-0.4, -0.2) is 0 Å². The summed E-state index contributed by atoms with van der Waals surface area (Å²) in [5, 5.41) is 24.3. The molecule has 0 saturated carbocycles. The minimum atomic E-state index is 0.0571. The number of allylic oxidation sites excluding steroid dienone is 2. The van der Waals surface area contributed by atoms with Gasteiger partial charge in [0, 0.05) is 20.9 Å². The topological polar surface area (TPSA) is 56.3 Å². The summed E-state index contributed by atoms with van der Waals surface area (Å²) in [6.45, 7) is 19.9. The van der Waals surface area contributed by atoms with Crippen molar-refractivity contribution >= 4 is 33.8 Å². The van der Waals surface area contributed by atoms with Crippen LogP contribution in [-0.2, 0) is 0 Å². The zero-order valence-corrected chi connectivity index (χ0v) is 24.2. The van der Waals surface area contributed by atoms with Gasteiger partial charge in [0.05, 0.1) is 25.3 Å². The molecule has 0 radical (unpaired) electrons. The largest absolute Gasteiger partial charge is 0.270 e. The van der Waals surface area contributed by atoms with E-state index in [0.29, 0.717) is 11.1 Å². The van der Waals surface area contributed by atoms with Gasteiger partial charge in [-0.2, -0.15) is 0 Å². The molecule has 0 aliphatic heterocycles. The van der Waals surface area contributed by atoms with Crippen LogP contribution in [0.2, 0.25) is 0 Å². The summed E-state index contributed by atoms with van der Waals surface area (Å²) in [4.78, 5) is 9.58. The maximum atomic E-state index is 10.1. The molecule has 0 saturated heterocycles. The number of thiophene rings is 2. The van der Waals surface area contributed by atoms with Gasteiger partial charge in [0.25, 0.3) is 11.4 Å². The Morgan fingerprint density at radius 1 is 0.619 bits per heavy atom. The highest BCUT2D eigenvalue weighted by Gasteiger charge is 2.38. The lowest BCUT2D eigenvalue weighted by atomic mass is 9.85. The second-order valence-corrected chi connectivity index (χ2v) is 12.0. The second kappa shape index (κ2) is 9.55. The van der Waals surface area contributed by atoms with Gasteiger partial charge in [0.1, 0.15) is 0 Å². The monoisotopic (exact) mass is 570 g/mol. The van der Waals surface area contributed by atoms with Gasteiger partial charge < -0.3 is 0 Å². The number of hydrogen-bond acceptors (Lipinski definition) is 4. The predicted octanol–water partition coefficient (Wildman–Crippen LogP) is 10.1. The van der Waals surface area contributed by atoms with Gasteiger partial charge in [-0.15, -0.1) is 22.7 Å². The van der Waals surface area contributed by atoms with Crippen LogP contribution < -0.4 is 0 Å². The standard InChI is InChI=1S/C36H18N4S2/c1-19-31-23-11-9-21(29-7-5-13-41-29)15-25(23)36(28(18-38)40-4)34(31)20(2)32-24-12-10-22(30-8-6-14-42-30)16-26(24)35(33(19)32)27(17-37)39-3/h5-16H,1-2H3/b35-27-,36-28+. The number of benzene rings is 3. The highest BCUT2D eigenvalue weighted by molar-refractivity contribution is 7.13. The minimum absolute atomic E-state index is 0.0571. The fourth-order valence-corrected chi connectivity index (χ4v) is 7.91. The molecule has 2 aromatic heterocycles. The highest BCUT2D eigenvalue weighted by atomic mass is 32.1. The second-order valence-electron chi connectivity index (χ2n) is 10.1. The summed E-state index contributed by atoms with van der Waals surface area (Å²) in [7, 11) is 0. The zero-order chi connectivity index (χ0) is 29.1. The molecular weight excluding hydrogens is 553 g/mol. The Bertz CT molecular complexity index is 2040. The Hall–Kier alpha value is -5.50. The molecule has 2 heterocycles. The third-order valence-electron chi connectivity index (χ3n) is 8.14.